The molecule has 15 heteroatoms. The van der Waals surface area contributed by atoms with Gasteiger partial charge in [0, 0.05) is 30.7 Å². The Morgan fingerprint density at radius 2 is 1.49 bits per heavy atom. The van der Waals surface area contributed by atoms with Crippen LogP contribution in [-0.2, 0) is 9.53 Å². The first-order valence-corrected chi connectivity index (χ1v) is 20.1. The summed E-state index contributed by atoms with van der Waals surface area (Å²) in [7, 11) is 2.99. The van der Waals surface area contributed by atoms with Crippen molar-refractivity contribution in [3.8, 4) is 23.0 Å². The number of hydrogen-bond acceptors (Lipinski definition) is 11. The predicted octanol–water partition coefficient (Wildman–Crippen LogP) is 7.15. The number of allylic oxidation sites excluding steroid dienone is 1. The van der Waals surface area contributed by atoms with Gasteiger partial charge >= 0.3 is 12.1 Å². The Labute approximate surface area is 343 Å². The van der Waals surface area contributed by atoms with Crippen LogP contribution >= 0.6 is 0 Å². The molecule has 5 atom stereocenters. The predicted molar refractivity (Wildman–Crippen MR) is 218 cm³/mol. The number of aliphatic carboxylic acids is 1. The SMILES string of the molecule is COc1cc2c(cc1OCCCCCOc1cc3c(cc1OC)C(=O)N1C=C(C)C[C@H]1C(O)N3C(=O)O[C@H]1/C=C/CC[C@@](C)(C(=O)O)CC1)N=C[C@@H]1CC(C)=CN1C2=O. The molecule has 15 nitrogen and oxygen atoms in total. The molecule has 4 aliphatic heterocycles. The third-order valence-corrected chi connectivity index (χ3v) is 11.7. The normalized spacial score (nSPS) is 25.2. The number of aliphatic hydroxyl groups is 1. The van der Waals surface area contributed by atoms with E-state index in [0.717, 1.165) is 28.9 Å². The number of hydrogen-bond donors (Lipinski definition) is 2. The third-order valence-electron chi connectivity index (χ3n) is 11.7. The molecule has 7 rings (SSSR count). The Kier molecular flexibility index (Phi) is 12.0. The van der Waals surface area contributed by atoms with Gasteiger partial charge in [-0.25, -0.2) is 9.69 Å². The maximum Gasteiger partial charge on any atom is 0.417 e. The first-order chi connectivity index (χ1) is 28.3. The molecule has 0 bridgehead atoms. The maximum atomic E-state index is 14.1. The minimum absolute atomic E-state index is 0.107. The lowest BCUT2D eigenvalue weighted by molar-refractivity contribution is -0.149. The van der Waals surface area contributed by atoms with Crippen LogP contribution in [-0.4, -0.2) is 102 Å². The first-order valence-electron chi connectivity index (χ1n) is 20.1. The van der Waals surface area contributed by atoms with Crippen LogP contribution in [0.3, 0.4) is 0 Å². The van der Waals surface area contributed by atoms with Gasteiger partial charge in [0.15, 0.2) is 29.2 Å². The van der Waals surface area contributed by atoms with Gasteiger partial charge in [-0.3, -0.25) is 19.4 Å². The van der Waals surface area contributed by atoms with Crippen LogP contribution in [0, 0.1) is 5.41 Å². The molecule has 0 spiro atoms. The average Bonchev–Trinajstić information content (AvgIpc) is 3.75. The zero-order valence-corrected chi connectivity index (χ0v) is 34.1. The fourth-order valence-corrected chi connectivity index (χ4v) is 8.25. The van der Waals surface area contributed by atoms with E-state index in [-0.39, 0.29) is 47.7 Å². The molecule has 314 valence electrons. The summed E-state index contributed by atoms with van der Waals surface area (Å²) in [5.74, 6) is 0.0330. The monoisotopic (exact) mass is 812 g/mol. The van der Waals surface area contributed by atoms with Crippen molar-refractivity contribution in [2.24, 2.45) is 10.4 Å². The number of amides is 3. The molecule has 2 aromatic rings. The smallest absolute Gasteiger partial charge is 0.417 e. The number of anilines is 1. The molecule has 59 heavy (non-hydrogen) atoms. The molecule has 3 amide bonds. The van der Waals surface area contributed by atoms with Crippen molar-refractivity contribution >= 4 is 41.5 Å². The van der Waals surface area contributed by atoms with Crippen molar-refractivity contribution in [1.29, 1.82) is 0 Å². The quantitative estimate of drug-likeness (QED) is 0.164. The second kappa shape index (κ2) is 17.2. The van der Waals surface area contributed by atoms with Crippen LogP contribution in [0.15, 0.2) is 65.0 Å². The number of carbonyl (C=O) groups excluding carboxylic acids is 3. The topological polar surface area (TPSA) is 177 Å². The Morgan fingerprint density at radius 1 is 0.847 bits per heavy atom. The summed E-state index contributed by atoms with van der Waals surface area (Å²) in [6.07, 6.45) is 10.5. The molecule has 4 heterocycles. The first kappa shape index (κ1) is 41.3. The van der Waals surface area contributed by atoms with Crippen molar-refractivity contribution in [3.05, 3.63) is 71.1 Å². The van der Waals surface area contributed by atoms with E-state index < -0.39 is 41.8 Å². The standard InChI is InChI=1S/C44H52N4O11/c1-26-17-28-23-45-32-21-37(35(55-4)19-30(32)39(49)46(28)24-26)57-15-9-6-10-16-58-38-22-33-31(20-36(38)56-5)40(50)47-25-27(2)18-34(47)41(51)48(33)43(54)59-29-11-7-8-13-44(3,14-12-29)42(52)53/h7,11,19-25,28-29,34,41,51H,6,8-10,12-18H2,1-5H3,(H,52,53)/b11-7+/t28-,29-,34-,41?,44+/m0/s1. The lowest BCUT2D eigenvalue weighted by atomic mass is 9.79. The number of carboxylic acid groups (broad SMARTS) is 1. The highest BCUT2D eigenvalue weighted by atomic mass is 16.6. The summed E-state index contributed by atoms with van der Waals surface area (Å²) < 4.78 is 29.5. The maximum absolute atomic E-state index is 14.1. The molecule has 5 aliphatic rings. The number of unbranched alkanes of at least 4 members (excludes halogenated alkanes) is 2. The number of rotatable bonds is 12. The summed E-state index contributed by atoms with van der Waals surface area (Å²) >= 11 is 0. The number of fused-ring (bicyclic) bond motifs is 4. The Bertz CT molecular complexity index is 2130. The lowest BCUT2D eigenvalue weighted by Gasteiger charge is -2.33. The van der Waals surface area contributed by atoms with Crippen LogP contribution in [0.1, 0.15) is 99.3 Å². The molecule has 1 aliphatic carbocycles. The van der Waals surface area contributed by atoms with E-state index in [1.54, 1.807) is 42.4 Å². The number of aliphatic hydroxyl groups excluding tert-OH is 1. The molecule has 0 radical (unpaired) electrons. The highest BCUT2D eigenvalue weighted by Gasteiger charge is 2.46. The third kappa shape index (κ3) is 8.38. The van der Waals surface area contributed by atoms with Gasteiger partial charge in [0.25, 0.3) is 11.8 Å². The van der Waals surface area contributed by atoms with Gasteiger partial charge in [0.2, 0.25) is 0 Å². The van der Waals surface area contributed by atoms with Gasteiger partial charge in [-0.15, -0.1) is 0 Å². The summed E-state index contributed by atoms with van der Waals surface area (Å²) in [6.45, 7) is 6.19. The van der Waals surface area contributed by atoms with E-state index in [0.29, 0.717) is 67.9 Å². The van der Waals surface area contributed by atoms with Gasteiger partial charge in [0.1, 0.15) is 6.10 Å². The van der Waals surface area contributed by atoms with Crippen LogP contribution in [0.4, 0.5) is 16.2 Å². The van der Waals surface area contributed by atoms with Gasteiger partial charge in [0.05, 0.1) is 67.4 Å². The Hall–Kier alpha value is -5.83. The van der Waals surface area contributed by atoms with E-state index in [2.05, 4.69) is 4.99 Å². The number of benzene rings is 2. The van der Waals surface area contributed by atoms with Gasteiger partial charge in [-0.2, -0.15) is 0 Å². The van der Waals surface area contributed by atoms with E-state index in [9.17, 15) is 29.4 Å². The van der Waals surface area contributed by atoms with E-state index >= 15 is 0 Å². The van der Waals surface area contributed by atoms with Gasteiger partial charge in [-0.1, -0.05) is 17.2 Å². The number of methoxy groups -OCH3 is 2. The minimum Gasteiger partial charge on any atom is -0.493 e. The van der Waals surface area contributed by atoms with Crippen molar-refractivity contribution in [2.45, 2.75) is 103 Å². The van der Waals surface area contributed by atoms with Crippen molar-refractivity contribution in [1.82, 2.24) is 9.80 Å². The second-order valence-electron chi connectivity index (χ2n) is 16.1. The summed E-state index contributed by atoms with van der Waals surface area (Å²) in [4.78, 5) is 62.3. The highest BCUT2D eigenvalue weighted by molar-refractivity contribution is 6.07. The van der Waals surface area contributed by atoms with Crippen molar-refractivity contribution < 1.29 is 53.1 Å². The van der Waals surface area contributed by atoms with Crippen LogP contribution in [0.2, 0.25) is 0 Å². The minimum atomic E-state index is -1.46. The zero-order valence-electron chi connectivity index (χ0n) is 34.1. The summed E-state index contributed by atoms with van der Waals surface area (Å²) in [5, 5.41) is 21.6. The Morgan fingerprint density at radius 3 is 2.19 bits per heavy atom. The highest BCUT2D eigenvalue weighted by Crippen LogP contribution is 2.43. The number of ether oxygens (including phenoxy) is 5. The molecule has 2 N–H and O–H groups in total. The van der Waals surface area contributed by atoms with E-state index in [1.807, 2.05) is 26.1 Å². The van der Waals surface area contributed by atoms with E-state index in [1.165, 1.54) is 31.3 Å². The summed E-state index contributed by atoms with van der Waals surface area (Å²) in [6, 6.07) is 5.58. The molecule has 0 saturated heterocycles. The fourth-order valence-electron chi connectivity index (χ4n) is 8.25. The lowest BCUT2D eigenvalue weighted by Crippen LogP contribution is -2.51. The number of aliphatic imine (C=N–C) groups is 1. The molecule has 1 unspecified atom stereocenters. The second-order valence-corrected chi connectivity index (χ2v) is 16.1. The number of nitrogens with zero attached hydrogens (tertiary/aromatic N) is 4. The number of carboxylic acids is 1. The molecular formula is C44H52N4O11. The van der Waals surface area contributed by atoms with Crippen LogP contribution in [0.25, 0.3) is 0 Å². The zero-order chi connectivity index (χ0) is 42.0. The van der Waals surface area contributed by atoms with Crippen molar-refractivity contribution in [3.63, 3.8) is 0 Å². The fraction of sp³-hybridized carbons (Fsp3) is 0.477. The van der Waals surface area contributed by atoms with Crippen LogP contribution < -0.4 is 23.8 Å². The van der Waals surface area contributed by atoms with Gasteiger partial charge in [-0.05, 0) is 96.8 Å². The molecule has 0 saturated carbocycles. The molecule has 0 aromatic heterocycles. The van der Waals surface area contributed by atoms with Crippen LogP contribution in [0.5, 0.6) is 23.0 Å². The van der Waals surface area contributed by atoms with Gasteiger partial charge < -0.3 is 43.7 Å². The average molecular weight is 813 g/mol. The summed E-state index contributed by atoms with van der Waals surface area (Å²) in [5.41, 5.74) is 2.23. The largest absolute Gasteiger partial charge is 0.493 e. The molecule has 2 aromatic carbocycles. The Balaban J connectivity index is 1.02. The van der Waals surface area contributed by atoms with E-state index in [4.69, 9.17) is 23.7 Å². The molecule has 0 fully saturated rings. The number of carbonyl (C=O) groups is 4. The van der Waals surface area contributed by atoms with Crippen molar-refractivity contribution in [2.75, 3.05) is 32.3 Å². The molecular weight excluding hydrogens is 761 g/mol.